The van der Waals surface area contributed by atoms with Gasteiger partial charge in [-0.25, -0.2) is 18.3 Å². The summed E-state index contributed by atoms with van der Waals surface area (Å²) in [5, 5.41) is 0. The third kappa shape index (κ3) is 4.12. The van der Waals surface area contributed by atoms with Crippen molar-refractivity contribution < 1.29 is 22.8 Å². The zero-order valence-corrected chi connectivity index (χ0v) is 17.4. The van der Waals surface area contributed by atoms with Crippen LogP contribution >= 0.6 is 11.8 Å². The summed E-state index contributed by atoms with van der Waals surface area (Å²) in [6.07, 6.45) is 1.84. The molecule has 0 atom stereocenters. The molecule has 8 heteroatoms. The number of benzene rings is 1. The SMILES string of the molecule is COc1cc[n+](-c2nc3cc(F)c(F)cc3[nH]2)c(CSCC(C)(C)OC)c1C. The van der Waals surface area contributed by atoms with Gasteiger partial charge in [0.2, 0.25) is 0 Å². The molecule has 1 N–H and O–H groups in total. The van der Waals surface area contributed by atoms with Gasteiger partial charge in [0.05, 0.1) is 18.9 Å². The fourth-order valence-corrected chi connectivity index (χ4v) is 4.10. The Morgan fingerprint density at radius 3 is 2.61 bits per heavy atom. The summed E-state index contributed by atoms with van der Waals surface area (Å²) in [4.78, 5) is 7.51. The van der Waals surface area contributed by atoms with Crippen molar-refractivity contribution in [2.75, 3.05) is 20.0 Å². The van der Waals surface area contributed by atoms with Crippen molar-refractivity contribution in [2.24, 2.45) is 0 Å². The molecule has 2 aromatic heterocycles. The molecule has 0 aliphatic heterocycles. The molecule has 150 valence electrons. The minimum absolute atomic E-state index is 0.239. The topological polar surface area (TPSA) is 51.0 Å². The normalized spacial score (nSPS) is 12.0. The van der Waals surface area contributed by atoms with E-state index < -0.39 is 11.6 Å². The Kier molecular flexibility index (Phi) is 5.90. The summed E-state index contributed by atoms with van der Waals surface area (Å²) in [5.41, 5.74) is 2.53. The molecule has 2 heterocycles. The Hall–Kier alpha value is -2.19. The Balaban J connectivity index is 2.01. The molecule has 28 heavy (non-hydrogen) atoms. The summed E-state index contributed by atoms with van der Waals surface area (Å²) in [6.45, 7) is 6.05. The van der Waals surface area contributed by atoms with Gasteiger partial charge in [-0.2, -0.15) is 11.8 Å². The summed E-state index contributed by atoms with van der Waals surface area (Å²) in [7, 11) is 3.33. The molecule has 0 spiro atoms. The molecule has 0 aliphatic rings. The van der Waals surface area contributed by atoms with Crippen LogP contribution in [0.3, 0.4) is 0 Å². The van der Waals surface area contributed by atoms with Gasteiger partial charge in [0.15, 0.2) is 17.2 Å². The van der Waals surface area contributed by atoms with Crippen molar-refractivity contribution in [2.45, 2.75) is 32.1 Å². The lowest BCUT2D eigenvalue weighted by molar-refractivity contribution is -0.610. The molecule has 0 bridgehead atoms. The molecular weight excluding hydrogens is 384 g/mol. The molecule has 3 aromatic rings. The third-order valence-electron chi connectivity index (χ3n) is 4.67. The number of nitrogens with one attached hydrogen (secondary N) is 1. The quantitative estimate of drug-likeness (QED) is 0.598. The average Bonchev–Trinajstić information content (AvgIpc) is 3.05. The highest BCUT2D eigenvalue weighted by Crippen LogP contribution is 2.25. The maximum atomic E-state index is 13.6. The average molecular weight is 408 g/mol. The highest BCUT2D eigenvalue weighted by atomic mass is 32.2. The third-order valence-corrected chi connectivity index (χ3v) is 6.05. The van der Waals surface area contributed by atoms with Crippen LogP contribution in [0.25, 0.3) is 17.0 Å². The lowest BCUT2D eigenvalue weighted by atomic mass is 10.2. The molecule has 0 saturated carbocycles. The van der Waals surface area contributed by atoms with Crippen LogP contribution in [0.15, 0.2) is 24.4 Å². The van der Waals surface area contributed by atoms with E-state index in [0.29, 0.717) is 22.7 Å². The number of ether oxygens (including phenoxy) is 2. The first-order valence-electron chi connectivity index (χ1n) is 8.82. The van der Waals surface area contributed by atoms with Gasteiger partial charge in [-0.1, -0.05) is 4.98 Å². The predicted molar refractivity (Wildman–Crippen MR) is 106 cm³/mol. The number of imidazole rings is 1. The van der Waals surface area contributed by atoms with Crippen LogP contribution in [0.5, 0.6) is 5.75 Å². The first kappa shape index (κ1) is 20.5. The van der Waals surface area contributed by atoms with Gasteiger partial charge in [0.1, 0.15) is 17.0 Å². The first-order chi connectivity index (χ1) is 13.3. The fraction of sp³-hybridized carbons (Fsp3) is 0.400. The van der Waals surface area contributed by atoms with Crippen molar-refractivity contribution in [1.82, 2.24) is 9.97 Å². The van der Waals surface area contributed by atoms with E-state index in [1.54, 1.807) is 26.0 Å². The van der Waals surface area contributed by atoms with E-state index in [9.17, 15) is 8.78 Å². The minimum Gasteiger partial charge on any atom is -0.496 e. The van der Waals surface area contributed by atoms with E-state index in [2.05, 4.69) is 9.97 Å². The highest BCUT2D eigenvalue weighted by molar-refractivity contribution is 7.98. The molecule has 0 radical (unpaired) electrons. The van der Waals surface area contributed by atoms with Gasteiger partial charge in [-0.3, -0.25) is 0 Å². The van der Waals surface area contributed by atoms with Gasteiger partial charge < -0.3 is 9.47 Å². The van der Waals surface area contributed by atoms with Gasteiger partial charge >= 0.3 is 5.95 Å². The number of aromatic amines is 1. The Morgan fingerprint density at radius 1 is 1.21 bits per heavy atom. The summed E-state index contributed by atoms with van der Waals surface area (Å²) >= 11 is 1.73. The summed E-state index contributed by atoms with van der Waals surface area (Å²) in [5.74, 6) is 0.931. The molecular formula is C20H24F2N3O2S+. The van der Waals surface area contributed by atoms with E-state index >= 15 is 0 Å². The summed E-state index contributed by atoms with van der Waals surface area (Å²) in [6, 6.07) is 4.06. The lowest BCUT2D eigenvalue weighted by Crippen LogP contribution is -2.38. The second kappa shape index (κ2) is 8.05. The standard InChI is InChI=1S/C20H24F2N3O2S/c1-12-17(10-28-11-20(2,3)27-5)25(7-6-18(12)26-4)19-23-15-8-13(21)14(22)9-16(15)24-19/h6-9H,10-11H2,1-5H3,(H,23,24)/q+1. The zero-order valence-electron chi connectivity index (χ0n) is 16.6. The van der Waals surface area contributed by atoms with Gasteiger partial charge in [0, 0.05) is 42.4 Å². The number of aromatic nitrogens is 3. The number of methoxy groups -OCH3 is 2. The number of H-pyrrole nitrogens is 1. The number of hydrogen-bond acceptors (Lipinski definition) is 4. The van der Waals surface area contributed by atoms with E-state index in [1.807, 2.05) is 37.6 Å². The van der Waals surface area contributed by atoms with Crippen molar-refractivity contribution in [3.8, 4) is 11.7 Å². The van der Waals surface area contributed by atoms with Crippen LogP contribution in [0.4, 0.5) is 8.78 Å². The van der Waals surface area contributed by atoms with Gasteiger partial charge in [0.25, 0.3) is 0 Å². The van der Waals surface area contributed by atoms with E-state index in [0.717, 1.165) is 34.9 Å². The number of hydrogen-bond donors (Lipinski definition) is 1. The van der Waals surface area contributed by atoms with E-state index in [1.165, 1.54) is 0 Å². The summed E-state index contributed by atoms with van der Waals surface area (Å²) < 4.78 is 39.9. The predicted octanol–water partition coefficient (Wildman–Crippen LogP) is 4.09. The Labute approximate surface area is 167 Å². The number of nitrogens with zero attached hydrogens (tertiary/aromatic N) is 2. The van der Waals surface area contributed by atoms with Crippen LogP contribution in [0, 0.1) is 18.6 Å². The number of pyridine rings is 1. The first-order valence-corrected chi connectivity index (χ1v) is 9.97. The van der Waals surface area contributed by atoms with E-state index in [-0.39, 0.29) is 5.60 Å². The van der Waals surface area contributed by atoms with Crippen LogP contribution in [-0.4, -0.2) is 35.5 Å². The van der Waals surface area contributed by atoms with Crippen molar-refractivity contribution in [3.63, 3.8) is 0 Å². The minimum atomic E-state index is -0.918. The Morgan fingerprint density at radius 2 is 1.93 bits per heavy atom. The molecule has 0 fully saturated rings. The van der Waals surface area contributed by atoms with Crippen molar-refractivity contribution in [1.29, 1.82) is 0 Å². The molecule has 1 aromatic carbocycles. The monoisotopic (exact) mass is 408 g/mol. The van der Waals surface area contributed by atoms with Gasteiger partial charge in [-0.15, -0.1) is 0 Å². The fourth-order valence-electron chi connectivity index (χ4n) is 2.84. The number of fused-ring (bicyclic) bond motifs is 1. The molecule has 0 unspecified atom stereocenters. The number of rotatable bonds is 7. The lowest BCUT2D eigenvalue weighted by Gasteiger charge is -2.22. The molecule has 0 aliphatic carbocycles. The van der Waals surface area contributed by atoms with Crippen LogP contribution in [0.2, 0.25) is 0 Å². The van der Waals surface area contributed by atoms with Crippen molar-refractivity contribution in [3.05, 3.63) is 47.3 Å². The molecule has 0 amide bonds. The molecule has 5 nitrogen and oxygen atoms in total. The Bertz CT molecular complexity index is 966. The second-order valence-electron chi connectivity index (χ2n) is 7.13. The second-order valence-corrected chi connectivity index (χ2v) is 8.11. The molecule has 0 saturated heterocycles. The van der Waals surface area contributed by atoms with Crippen LogP contribution < -0.4 is 9.30 Å². The maximum absolute atomic E-state index is 13.6. The van der Waals surface area contributed by atoms with Crippen molar-refractivity contribution >= 4 is 22.8 Å². The number of halogens is 2. The zero-order chi connectivity index (χ0) is 20.5. The maximum Gasteiger partial charge on any atom is 0.402 e. The van der Waals surface area contributed by atoms with Crippen LogP contribution in [-0.2, 0) is 10.5 Å². The van der Waals surface area contributed by atoms with Crippen LogP contribution in [0.1, 0.15) is 25.1 Å². The number of thioether (sulfide) groups is 1. The highest BCUT2D eigenvalue weighted by Gasteiger charge is 2.23. The molecule has 3 rings (SSSR count). The van der Waals surface area contributed by atoms with Gasteiger partial charge in [-0.05, 0) is 20.8 Å². The van der Waals surface area contributed by atoms with E-state index in [4.69, 9.17) is 9.47 Å². The largest absolute Gasteiger partial charge is 0.496 e. The smallest absolute Gasteiger partial charge is 0.402 e.